The number of hydrogen-bond acceptors (Lipinski definition) is 4. The fourth-order valence-electron chi connectivity index (χ4n) is 3.37. The molecule has 0 radical (unpaired) electrons. The van der Waals surface area contributed by atoms with E-state index < -0.39 is 17.4 Å². The van der Waals surface area contributed by atoms with Crippen molar-refractivity contribution in [2.75, 3.05) is 13.1 Å². The second-order valence-corrected chi connectivity index (χ2v) is 6.67. The molecule has 1 saturated heterocycles. The molecule has 6 nitrogen and oxygen atoms in total. The number of nitrogens with one attached hydrogen (secondary N) is 1. The van der Waals surface area contributed by atoms with Crippen LogP contribution in [0.2, 0.25) is 0 Å². The monoisotopic (exact) mass is 295 g/mol. The van der Waals surface area contributed by atoms with Crippen molar-refractivity contribution in [2.24, 2.45) is 17.6 Å². The number of amides is 3. The summed E-state index contributed by atoms with van der Waals surface area (Å²) in [5.41, 5.74) is 4.64. The maximum Gasteiger partial charge on any atom is 0.252 e. The van der Waals surface area contributed by atoms with E-state index in [1.165, 1.54) is 4.90 Å². The van der Waals surface area contributed by atoms with E-state index in [4.69, 9.17) is 5.73 Å². The number of piperazine rings is 1. The van der Waals surface area contributed by atoms with E-state index in [1.54, 1.807) is 13.8 Å². The van der Waals surface area contributed by atoms with Gasteiger partial charge in [0.05, 0.1) is 0 Å². The molecule has 2 aliphatic rings. The van der Waals surface area contributed by atoms with Gasteiger partial charge in [-0.05, 0) is 45.6 Å². The quantitative estimate of drug-likeness (QED) is 0.737. The van der Waals surface area contributed by atoms with Crippen molar-refractivity contribution in [3.63, 3.8) is 0 Å². The van der Waals surface area contributed by atoms with E-state index in [1.807, 2.05) is 0 Å². The van der Waals surface area contributed by atoms with Crippen LogP contribution in [0.15, 0.2) is 0 Å². The lowest BCUT2D eigenvalue weighted by Crippen LogP contribution is -2.66. The fraction of sp³-hybridized carbons (Fsp3) is 0.800. The summed E-state index contributed by atoms with van der Waals surface area (Å²) in [6.07, 6.45) is 4.71. The molecule has 2 unspecified atom stereocenters. The first-order valence-corrected chi connectivity index (χ1v) is 7.72. The van der Waals surface area contributed by atoms with Crippen LogP contribution in [0.3, 0.4) is 0 Å². The minimum absolute atomic E-state index is 0.0321. The Labute approximate surface area is 125 Å². The standard InChI is InChI=1S/C15H25N3O3/c1-15(2)14(21)17-12(19)9-18(15)13(20)11-5-3-4-10(8-11)6-7-16/h10-11H,3-9,16H2,1-2H3,(H,17,19,21). The van der Waals surface area contributed by atoms with Crippen LogP contribution in [-0.4, -0.2) is 41.2 Å². The average Bonchev–Trinajstić information content (AvgIpc) is 2.43. The molecule has 1 aliphatic carbocycles. The molecule has 2 fully saturated rings. The Morgan fingerprint density at radius 3 is 2.76 bits per heavy atom. The summed E-state index contributed by atoms with van der Waals surface area (Å²) in [7, 11) is 0. The number of imide groups is 1. The lowest BCUT2D eigenvalue weighted by Gasteiger charge is -2.42. The highest BCUT2D eigenvalue weighted by Gasteiger charge is 2.45. The molecule has 1 heterocycles. The Balaban J connectivity index is 2.10. The summed E-state index contributed by atoms with van der Waals surface area (Å²) in [4.78, 5) is 37.8. The molecule has 1 saturated carbocycles. The van der Waals surface area contributed by atoms with Crippen LogP contribution in [0.25, 0.3) is 0 Å². The molecule has 21 heavy (non-hydrogen) atoms. The van der Waals surface area contributed by atoms with Crippen LogP contribution >= 0.6 is 0 Å². The Morgan fingerprint density at radius 2 is 2.10 bits per heavy atom. The molecular weight excluding hydrogens is 270 g/mol. The van der Waals surface area contributed by atoms with Crippen molar-refractivity contribution in [1.82, 2.24) is 10.2 Å². The second-order valence-electron chi connectivity index (χ2n) is 6.67. The number of carbonyl (C=O) groups is 3. The zero-order valence-corrected chi connectivity index (χ0v) is 12.9. The van der Waals surface area contributed by atoms with Crippen LogP contribution in [0.1, 0.15) is 46.0 Å². The van der Waals surface area contributed by atoms with Gasteiger partial charge in [0.15, 0.2) is 0 Å². The second kappa shape index (κ2) is 6.13. The molecule has 2 atom stereocenters. The topological polar surface area (TPSA) is 92.5 Å². The molecule has 3 N–H and O–H groups in total. The number of carbonyl (C=O) groups excluding carboxylic acids is 3. The predicted octanol–water partition coefficient (Wildman–Crippen LogP) is 0.405. The van der Waals surface area contributed by atoms with Crippen LogP contribution < -0.4 is 11.1 Å². The van der Waals surface area contributed by atoms with Crippen LogP contribution in [0.5, 0.6) is 0 Å². The first-order chi connectivity index (χ1) is 9.86. The van der Waals surface area contributed by atoms with Crippen molar-refractivity contribution in [1.29, 1.82) is 0 Å². The molecule has 0 spiro atoms. The Morgan fingerprint density at radius 1 is 1.38 bits per heavy atom. The molecule has 0 bridgehead atoms. The van der Waals surface area contributed by atoms with Gasteiger partial charge in [-0.25, -0.2) is 0 Å². The molecule has 0 aromatic rings. The van der Waals surface area contributed by atoms with Gasteiger partial charge in [0, 0.05) is 5.92 Å². The Kier molecular flexibility index (Phi) is 4.66. The van der Waals surface area contributed by atoms with E-state index in [0.29, 0.717) is 12.5 Å². The number of rotatable bonds is 3. The van der Waals surface area contributed by atoms with Gasteiger partial charge in [-0.15, -0.1) is 0 Å². The zero-order chi connectivity index (χ0) is 15.6. The van der Waals surface area contributed by atoms with E-state index in [0.717, 1.165) is 32.1 Å². The summed E-state index contributed by atoms with van der Waals surface area (Å²) in [5.74, 6) is -0.475. The lowest BCUT2D eigenvalue weighted by atomic mass is 9.78. The van der Waals surface area contributed by atoms with Gasteiger partial charge in [-0.3, -0.25) is 19.7 Å². The first-order valence-electron chi connectivity index (χ1n) is 7.72. The number of nitrogens with zero attached hydrogens (tertiary/aromatic N) is 1. The molecule has 0 aromatic carbocycles. The molecule has 2 rings (SSSR count). The van der Waals surface area contributed by atoms with E-state index in [2.05, 4.69) is 5.32 Å². The molecular formula is C15H25N3O3. The summed E-state index contributed by atoms with van der Waals surface area (Å²) in [5, 5.41) is 2.30. The third kappa shape index (κ3) is 3.26. The molecule has 118 valence electrons. The van der Waals surface area contributed by atoms with Crippen LogP contribution in [0, 0.1) is 11.8 Å². The van der Waals surface area contributed by atoms with Gasteiger partial charge < -0.3 is 10.6 Å². The highest BCUT2D eigenvalue weighted by molar-refractivity contribution is 6.06. The van der Waals surface area contributed by atoms with Crippen molar-refractivity contribution in [3.8, 4) is 0 Å². The van der Waals surface area contributed by atoms with Gasteiger partial charge in [-0.1, -0.05) is 12.8 Å². The summed E-state index contributed by atoms with van der Waals surface area (Å²) >= 11 is 0. The highest BCUT2D eigenvalue weighted by Crippen LogP contribution is 2.33. The van der Waals surface area contributed by atoms with Gasteiger partial charge in [0.1, 0.15) is 12.1 Å². The van der Waals surface area contributed by atoms with Crippen molar-refractivity contribution >= 4 is 17.7 Å². The zero-order valence-electron chi connectivity index (χ0n) is 12.9. The highest BCUT2D eigenvalue weighted by atomic mass is 16.2. The van der Waals surface area contributed by atoms with Gasteiger partial charge in [0.2, 0.25) is 11.8 Å². The molecule has 6 heteroatoms. The van der Waals surface area contributed by atoms with Gasteiger partial charge in [0.25, 0.3) is 5.91 Å². The van der Waals surface area contributed by atoms with Gasteiger partial charge >= 0.3 is 0 Å². The fourth-order valence-corrected chi connectivity index (χ4v) is 3.37. The Bertz CT molecular complexity index is 445. The third-order valence-electron chi connectivity index (χ3n) is 4.76. The lowest BCUT2D eigenvalue weighted by molar-refractivity contribution is -0.158. The smallest absolute Gasteiger partial charge is 0.252 e. The first kappa shape index (κ1) is 15.9. The van der Waals surface area contributed by atoms with E-state index in [-0.39, 0.29) is 18.4 Å². The van der Waals surface area contributed by atoms with Crippen LogP contribution in [-0.2, 0) is 14.4 Å². The minimum atomic E-state index is -0.966. The van der Waals surface area contributed by atoms with E-state index in [9.17, 15) is 14.4 Å². The average molecular weight is 295 g/mol. The summed E-state index contributed by atoms with van der Waals surface area (Å²) in [6.45, 7) is 3.98. The van der Waals surface area contributed by atoms with Crippen LogP contribution in [0.4, 0.5) is 0 Å². The molecule has 1 aliphatic heterocycles. The number of nitrogens with two attached hydrogens (primary N) is 1. The van der Waals surface area contributed by atoms with Crippen molar-refractivity contribution in [2.45, 2.75) is 51.5 Å². The molecule has 0 aromatic heterocycles. The van der Waals surface area contributed by atoms with Crippen molar-refractivity contribution in [3.05, 3.63) is 0 Å². The Hall–Kier alpha value is -1.43. The van der Waals surface area contributed by atoms with E-state index >= 15 is 0 Å². The summed E-state index contributed by atoms with van der Waals surface area (Å²) < 4.78 is 0. The largest absolute Gasteiger partial charge is 0.330 e. The predicted molar refractivity (Wildman–Crippen MR) is 78.1 cm³/mol. The maximum absolute atomic E-state index is 12.8. The number of hydrogen-bond donors (Lipinski definition) is 2. The van der Waals surface area contributed by atoms with Crippen molar-refractivity contribution < 1.29 is 14.4 Å². The normalized spacial score (nSPS) is 29.2. The maximum atomic E-state index is 12.8. The van der Waals surface area contributed by atoms with Gasteiger partial charge in [-0.2, -0.15) is 0 Å². The third-order valence-corrected chi connectivity index (χ3v) is 4.76. The summed E-state index contributed by atoms with van der Waals surface area (Å²) in [6, 6.07) is 0. The SMILES string of the molecule is CC1(C)C(=O)NC(=O)CN1C(=O)C1CCCC(CCN)C1. The minimum Gasteiger partial charge on any atom is -0.330 e. The molecule has 3 amide bonds.